The molecule has 3 atom stereocenters. The van der Waals surface area contributed by atoms with Gasteiger partial charge in [0.2, 0.25) is 11.8 Å². The standard InChI is InChI=1S/C30H38N4O6/c1-5-11-40-30(38)21(17-31)14-22(13-19-9-10-32-28(19)36)33-29(37)20(12-18(2)3)15-26(35)25-16-23-24(34-25)7-6-8-27(23)39-4/h6-8,14,16,18-20,22,34H,5,9-13,15H2,1-4H3,(H,32,36)(H,33,37)/b21-14-/t19-,20+,22-/m0/s1. The summed E-state index contributed by atoms with van der Waals surface area (Å²) in [6.07, 6.45) is 3.17. The van der Waals surface area contributed by atoms with E-state index in [0.29, 0.717) is 37.3 Å². The first kappa shape index (κ1) is 30.4. The zero-order chi connectivity index (χ0) is 29.2. The van der Waals surface area contributed by atoms with Crippen molar-refractivity contribution in [2.75, 3.05) is 20.3 Å². The molecule has 1 aliphatic heterocycles. The van der Waals surface area contributed by atoms with Crippen molar-refractivity contribution in [2.45, 2.75) is 58.9 Å². The first-order valence-corrected chi connectivity index (χ1v) is 13.7. The predicted octanol–water partition coefficient (Wildman–Crippen LogP) is 3.83. The van der Waals surface area contributed by atoms with E-state index in [1.807, 2.05) is 45.0 Å². The highest BCUT2D eigenvalue weighted by Crippen LogP contribution is 2.28. The first-order chi connectivity index (χ1) is 19.2. The maximum Gasteiger partial charge on any atom is 0.348 e. The average molecular weight is 551 g/mol. The molecule has 2 amide bonds. The number of nitrogens with zero attached hydrogens (tertiary/aromatic N) is 1. The quantitative estimate of drug-likeness (QED) is 0.140. The van der Waals surface area contributed by atoms with Crippen LogP contribution in [-0.4, -0.2) is 54.9 Å². The van der Waals surface area contributed by atoms with Gasteiger partial charge in [-0.25, -0.2) is 4.79 Å². The van der Waals surface area contributed by atoms with Gasteiger partial charge in [0.05, 0.1) is 19.4 Å². The summed E-state index contributed by atoms with van der Waals surface area (Å²) < 4.78 is 10.5. The van der Waals surface area contributed by atoms with E-state index in [9.17, 15) is 24.4 Å². The monoisotopic (exact) mass is 550 g/mol. The molecule has 40 heavy (non-hydrogen) atoms. The smallest absolute Gasteiger partial charge is 0.348 e. The molecular weight excluding hydrogens is 512 g/mol. The van der Waals surface area contributed by atoms with Crippen molar-refractivity contribution in [3.8, 4) is 11.8 Å². The molecule has 0 bridgehead atoms. The highest BCUT2D eigenvalue weighted by Gasteiger charge is 2.31. The Morgan fingerprint density at radius 2 is 2.05 bits per heavy atom. The van der Waals surface area contributed by atoms with Crippen LogP contribution in [0.1, 0.15) is 63.4 Å². The molecule has 1 aromatic heterocycles. The van der Waals surface area contributed by atoms with Crippen molar-refractivity contribution >= 4 is 34.5 Å². The topological polar surface area (TPSA) is 150 Å². The van der Waals surface area contributed by atoms with Crippen LogP contribution in [0, 0.1) is 29.1 Å². The minimum absolute atomic E-state index is 0.0385. The van der Waals surface area contributed by atoms with E-state index in [-0.39, 0.29) is 54.5 Å². The number of hydrogen-bond acceptors (Lipinski definition) is 7. The third kappa shape index (κ3) is 7.94. The Bertz CT molecular complexity index is 1300. The van der Waals surface area contributed by atoms with Gasteiger partial charge in [-0.05, 0) is 55.9 Å². The van der Waals surface area contributed by atoms with E-state index in [0.717, 1.165) is 10.9 Å². The van der Waals surface area contributed by atoms with Crippen LogP contribution in [0.3, 0.4) is 0 Å². The Morgan fingerprint density at radius 1 is 1.27 bits per heavy atom. The van der Waals surface area contributed by atoms with Gasteiger partial charge in [-0.3, -0.25) is 14.4 Å². The van der Waals surface area contributed by atoms with Gasteiger partial charge in [-0.1, -0.05) is 26.8 Å². The summed E-state index contributed by atoms with van der Waals surface area (Å²) in [5, 5.41) is 16.1. The lowest BCUT2D eigenvalue weighted by Crippen LogP contribution is -2.41. The zero-order valence-corrected chi connectivity index (χ0v) is 23.5. The fraction of sp³-hybridized carbons (Fsp3) is 0.500. The number of fused-ring (bicyclic) bond motifs is 1. The number of nitrogens with one attached hydrogen (secondary N) is 3. The number of ketones is 1. The van der Waals surface area contributed by atoms with E-state index in [2.05, 4.69) is 15.6 Å². The van der Waals surface area contributed by atoms with Gasteiger partial charge in [0.15, 0.2) is 5.78 Å². The molecule has 3 rings (SSSR count). The maximum atomic E-state index is 13.6. The second kappa shape index (κ2) is 14.3. The molecule has 1 saturated heterocycles. The molecule has 0 unspecified atom stereocenters. The van der Waals surface area contributed by atoms with E-state index in [4.69, 9.17) is 9.47 Å². The number of ether oxygens (including phenoxy) is 2. The Kier molecular flexibility index (Phi) is 10.9. The minimum atomic E-state index is -0.775. The summed E-state index contributed by atoms with van der Waals surface area (Å²) in [6, 6.07) is 8.30. The lowest BCUT2D eigenvalue weighted by molar-refractivity contribution is -0.138. The molecule has 214 valence electrons. The average Bonchev–Trinajstić information content (AvgIpc) is 3.55. The largest absolute Gasteiger partial charge is 0.496 e. The number of amides is 2. The van der Waals surface area contributed by atoms with Crippen LogP contribution in [0.4, 0.5) is 0 Å². The van der Waals surface area contributed by atoms with Crippen molar-refractivity contribution in [3.63, 3.8) is 0 Å². The van der Waals surface area contributed by atoms with Crippen LogP contribution in [0.2, 0.25) is 0 Å². The number of methoxy groups -OCH3 is 1. The van der Waals surface area contributed by atoms with E-state index < -0.39 is 17.9 Å². The van der Waals surface area contributed by atoms with Crippen LogP contribution >= 0.6 is 0 Å². The van der Waals surface area contributed by atoms with E-state index in [1.54, 1.807) is 13.2 Å². The number of esters is 1. The summed E-state index contributed by atoms with van der Waals surface area (Å²) in [5.41, 5.74) is 0.901. The van der Waals surface area contributed by atoms with Crippen molar-refractivity contribution in [2.24, 2.45) is 17.8 Å². The van der Waals surface area contributed by atoms with Gasteiger partial charge in [0.1, 0.15) is 17.4 Å². The number of aromatic nitrogens is 1. The number of H-pyrrole nitrogens is 1. The van der Waals surface area contributed by atoms with Gasteiger partial charge in [0.25, 0.3) is 0 Å². The summed E-state index contributed by atoms with van der Waals surface area (Å²) in [4.78, 5) is 54.7. The predicted molar refractivity (Wildman–Crippen MR) is 149 cm³/mol. The van der Waals surface area contributed by atoms with Crippen LogP contribution in [0.15, 0.2) is 35.9 Å². The molecule has 0 saturated carbocycles. The fourth-order valence-corrected chi connectivity index (χ4v) is 4.91. The van der Waals surface area contributed by atoms with Crippen LogP contribution in [0.5, 0.6) is 5.75 Å². The van der Waals surface area contributed by atoms with Crippen molar-refractivity contribution in [3.05, 3.63) is 41.6 Å². The highest BCUT2D eigenvalue weighted by atomic mass is 16.5. The molecule has 10 heteroatoms. The fourth-order valence-electron chi connectivity index (χ4n) is 4.91. The lowest BCUT2D eigenvalue weighted by atomic mass is 9.90. The van der Waals surface area contributed by atoms with Crippen molar-refractivity contribution in [1.29, 1.82) is 5.26 Å². The van der Waals surface area contributed by atoms with Crippen molar-refractivity contribution in [1.82, 2.24) is 15.6 Å². The number of rotatable bonds is 14. The zero-order valence-electron chi connectivity index (χ0n) is 23.5. The van der Waals surface area contributed by atoms with Crippen molar-refractivity contribution < 1.29 is 28.7 Å². The maximum absolute atomic E-state index is 13.6. The highest BCUT2D eigenvalue weighted by molar-refractivity contribution is 6.02. The minimum Gasteiger partial charge on any atom is -0.496 e. The molecule has 0 spiro atoms. The second-order valence-corrected chi connectivity index (χ2v) is 10.5. The number of nitriles is 1. The Morgan fingerprint density at radius 3 is 2.67 bits per heavy atom. The second-order valence-electron chi connectivity index (χ2n) is 10.5. The summed E-state index contributed by atoms with van der Waals surface area (Å²) in [5.74, 6) is -1.78. The number of carbonyl (C=O) groups excluding carboxylic acids is 4. The third-order valence-electron chi connectivity index (χ3n) is 6.88. The SMILES string of the molecule is CCCOC(=O)/C(C#N)=C\[C@H](C[C@@H]1CCNC1=O)NC(=O)[C@@H](CC(=O)c1cc2c(OC)cccc2[nH]1)CC(C)C. The number of hydrogen-bond donors (Lipinski definition) is 3. The summed E-state index contributed by atoms with van der Waals surface area (Å²) in [6.45, 7) is 6.47. The Balaban J connectivity index is 1.83. The van der Waals surface area contributed by atoms with E-state index >= 15 is 0 Å². The van der Waals surface area contributed by atoms with Crippen LogP contribution < -0.4 is 15.4 Å². The summed E-state index contributed by atoms with van der Waals surface area (Å²) in [7, 11) is 1.56. The van der Waals surface area contributed by atoms with E-state index in [1.165, 1.54) is 6.08 Å². The van der Waals surface area contributed by atoms with Gasteiger partial charge >= 0.3 is 5.97 Å². The molecule has 1 aromatic carbocycles. The molecule has 0 aliphatic carbocycles. The molecule has 2 heterocycles. The first-order valence-electron chi connectivity index (χ1n) is 13.7. The molecule has 1 aliphatic rings. The van der Waals surface area contributed by atoms with Gasteiger partial charge in [-0.15, -0.1) is 0 Å². The van der Waals surface area contributed by atoms with Crippen LogP contribution in [0.25, 0.3) is 10.9 Å². The number of carbonyl (C=O) groups is 4. The number of Topliss-reactive ketones (excluding diaryl/α,β-unsaturated/α-hetero) is 1. The normalized spacial score (nSPS) is 16.8. The number of aromatic amines is 1. The third-order valence-corrected chi connectivity index (χ3v) is 6.88. The molecule has 2 aromatic rings. The molecular formula is C30H38N4O6. The lowest BCUT2D eigenvalue weighted by Gasteiger charge is -2.23. The summed E-state index contributed by atoms with van der Waals surface area (Å²) >= 11 is 0. The Labute approximate surface area is 234 Å². The molecule has 3 N–H and O–H groups in total. The molecule has 1 fully saturated rings. The van der Waals surface area contributed by atoms with Crippen LogP contribution in [-0.2, 0) is 19.1 Å². The molecule has 10 nitrogen and oxygen atoms in total. The van der Waals surface area contributed by atoms with Gasteiger partial charge < -0.3 is 25.1 Å². The number of benzene rings is 1. The molecule has 0 radical (unpaired) electrons. The van der Waals surface area contributed by atoms with Gasteiger partial charge in [0, 0.05) is 41.7 Å². The Hall–Kier alpha value is -4.13. The van der Waals surface area contributed by atoms with Gasteiger partial charge in [-0.2, -0.15) is 5.26 Å².